The number of benzene rings is 3. The van der Waals surface area contributed by atoms with Crippen LogP contribution in [0.25, 0.3) is 5.57 Å². The van der Waals surface area contributed by atoms with Gasteiger partial charge in [0.05, 0.1) is 19.2 Å². The Morgan fingerprint density at radius 1 is 0.882 bits per heavy atom. The summed E-state index contributed by atoms with van der Waals surface area (Å²) in [6.07, 6.45) is 0. The predicted molar refractivity (Wildman–Crippen MR) is 128 cm³/mol. The predicted octanol–water partition coefficient (Wildman–Crippen LogP) is 4.43. The van der Waals surface area contributed by atoms with Gasteiger partial charge >= 0.3 is 0 Å². The molecular weight excluding hydrogens is 432 g/mol. The van der Waals surface area contributed by atoms with Gasteiger partial charge in [0.2, 0.25) is 6.79 Å². The second kappa shape index (κ2) is 8.59. The van der Waals surface area contributed by atoms with E-state index in [0.717, 1.165) is 16.7 Å². The van der Waals surface area contributed by atoms with Crippen molar-refractivity contribution in [2.45, 2.75) is 20.4 Å². The number of imide groups is 1. The fraction of sp³-hybridized carbons (Fsp3) is 0.185. The van der Waals surface area contributed by atoms with Gasteiger partial charge in [0, 0.05) is 11.8 Å². The first-order valence-electron chi connectivity index (χ1n) is 10.9. The summed E-state index contributed by atoms with van der Waals surface area (Å²) in [5.74, 6) is 1.22. The SMILES string of the molecule is COc1ccc(CN2C(=O)C(Nc3ccc4c(c3)OCO4)=C(c3ccc(C)c(C)c3)C2=O)cc1. The first-order valence-corrected chi connectivity index (χ1v) is 10.9. The minimum Gasteiger partial charge on any atom is -0.497 e. The van der Waals surface area contributed by atoms with Gasteiger partial charge in [0.15, 0.2) is 11.5 Å². The number of hydrogen-bond acceptors (Lipinski definition) is 6. The Kier molecular flexibility index (Phi) is 5.45. The highest BCUT2D eigenvalue weighted by Gasteiger charge is 2.39. The fourth-order valence-corrected chi connectivity index (χ4v) is 4.03. The fourth-order valence-electron chi connectivity index (χ4n) is 4.03. The molecule has 0 unspecified atom stereocenters. The number of amides is 2. The molecule has 0 atom stereocenters. The van der Waals surface area contributed by atoms with Crippen LogP contribution in [-0.2, 0) is 16.1 Å². The number of ether oxygens (including phenoxy) is 3. The second-order valence-corrected chi connectivity index (χ2v) is 8.29. The molecule has 2 aliphatic heterocycles. The van der Waals surface area contributed by atoms with Gasteiger partial charge in [0.1, 0.15) is 11.4 Å². The molecule has 7 heteroatoms. The number of fused-ring (bicyclic) bond motifs is 1. The van der Waals surface area contributed by atoms with Crippen molar-refractivity contribution in [3.05, 3.63) is 88.6 Å². The molecule has 0 aliphatic carbocycles. The summed E-state index contributed by atoms with van der Waals surface area (Å²) >= 11 is 0. The summed E-state index contributed by atoms with van der Waals surface area (Å²) in [7, 11) is 1.59. The minimum absolute atomic E-state index is 0.155. The molecule has 172 valence electrons. The molecule has 0 saturated carbocycles. The average Bonchev–Trinajstić information content (AvgIpc) is 3.40. The number of aryl methyl sites for hydroxylation is 2. The van der Waals surface area contributed by atoms with Gasteiger partial charge in [-0.05, 0) is 60.4 Å². The van der Waals surface area contributed by atoms with Crippen LogP contribution in [0.4, 0.5) is 5.69 Å². The van der Waals surface area contributed by atoms with Gasteiger partial charge in [-0.15, -0.1) is 0 Å². The molecule has 0 aromatic heterocycles. The number of nitrogens with one attached hydrogen (secondary N) is 1. The molecule has 34 heavy (non-hydrogen) atoms. The van der Waals surface area contributed by atoms with Crippen LogP contribution in [0.3, 0.4) is 0 Å². The van der Waals surface area contributed by atoms with Crippen molar-refractivity contribution in [1.29, 1.82) is 0 Å². The maximum atomic E-state index is 13.6. The lowest BCUT2D eigenvalue weighted by molar-refractivity contribution is -0.137. The minimum atomic E-state index is -0.383. The van der Waals surface area contributed by atoms with Gasteiger partial charge in [-0.2, -0.15) is 0 Å². The van der Waals surface area contributed by atoms with Gasteiger partial charge in [-0.3, -0.25) is 14.5 Å². The lowest BCUT2D eigenvalue weighted by Crippen LogP contribution is -2.32. The van der Waals surface area contributed by atoms with Crippen molar-refractivity contribution in [2.24, 2.45) is 0 Å². The van der Waals surface area contributed by atoms with E-state index in [4.69, 9.17) is 14.2 Å². The number of rotatable bonds is 6. The van der Waals surface area contributed by atoms with E-state index in [1.165, 1.54) is 4.90 Å². The Morgan fingerprint density at radius 2 is 1.65 bits per heavy atom. The third-order valence-corrected chi connectivity index (χ3v) is 6.11. The van der Waals surface area contributed by atoms with Gasteiger partial charge in [-0.25, -0.2) is 0 Å². The van der Waals surface area contributed by atoms with Crippen LogP contribution in [0.5, 0.6) is 17.2 Å². The molecule has 5 rings (SSSR count). The zero-order chi connectivity index (χ0) is 23.8. The molecule has 2 aliphatic rings. The summed E-state index contributed by atoms with van der Waals surface area (Å²) in [6.45, 7) is 4.31. The summed E-state index contributed by atoms with van der Waals surface area (Å²) in [5, 5.41) is 3.18. The van der Waals surface area contributed by atoms with Crippen molar-refractivity contribution >= 4 is 23.1 Å². The molecule has 0 spiro atoms. The average molecular weight is 456 g/mol. The van der Waals surface area contributed by atoms with Crippen LogP contribution in [0.1, 0.15) is 22.3 Å². The molecule has 2 heterocycles. The van der Waals surface area contributed by atoms with E-state index in [-0.39, 0.29) is 30.8 Å². The topological polar surface area (TPSA) is 77.1 Å². The molecule has 7 nitrogen and oxygen atoms in total. The largest absolute Gasteiger partial charge is 0.497 e. The van der Waals surface area contributed by atoms with E-state index in [1.807, 2.05) is 56.3 Å². The van der Waals surface area contributed by atoms with E-state index in [2.05, 4.69) is 5.32 Å². The highest BCUT2D eigenvalue weighted by Crippen LogP contribution is 2.37. The number of carbonyl (C=O) groups excluding carboxylic acids is 2. The molecule has 0 fully saturated rings. The summed E-state index contributed by atoms with van der Waals surface area (Å²) in [6, 6.07) is 18.4. The van der Waals surface area contributed by atoms with E-state index < -0.39 is 0 Å². The summed E-state index contributed by atoms with van der Waals surface area (Å²) in [5.41, 5.74) is 4.89. The number of nitrogens with zero attached hydrogens (tertiary/aromatic N) is 1. The van der Waals surface area contributed by atoms with Crippen LogP contribution in [0, 0.1) is 13.8 Å². The Hall–Kier alpha value is -4.26. The number of hydrogen-bond donors (Lipinski definition) is 1. The lowest BCUT2D eigenvalue weighted by atomic mass is 9.99. The van der Waals surface area contributed by atoms with Gasteiger partial charge < -0.3 is 19.5 Å². The molecule has 0 saturated heterocycles. The van der Waals surface area contributed by atoms with E-state index in [0.29, 0.717) is 34.1 Å². The maximum absolute atomic E-state index is 13.6. The normalized spacial score (nSPS) is 14.7. The van der Waals surface area contributed by atoms with Crippen LogP contribution in [-0.4, -0.2) is 30.6 Å². The second-order valence-electron chi connectivity index (χ2n) is 8.29. The smallest absolute Gasteiger partial charge is 0.278 e. The molecule has 3 aromatic rings. The Balaban J connectivity index is 1.52. The van der Waals surface area contributed by atoms with Crippen molar-refractivity contribution in [3.63, 3.8) is 0 Å². The third-order valence-electron chi connectivity index (χ3n) is 6.11. The van der Waals surface area contributed by atoms with Crippen molar-refractivity contribution in [1.82, 2.24) is 4.90 Å². The quantitative estimate of drug-likeness (QED) is 0.553. The van der Waals surface area contributed by atoms with Crippen molar-refractivity contribution < 1.29 is 23.8 Å². The zero-order valence-electron chi connectivity index (χ0n) is 19.2. The molecule has 3 aromatic carbocycles. The van der Waals surface area contributed by atoms with Crippen LogP contribution < -0.4 is 19.5 Å². The number of carbonyl (C=O) groups is 2. The van der Waals surface area contributed by atoms with Crippen LogP contribution in [0.15, 0.2) is 66.4 Å². The lowest BCUT2D eigenvalue weighted by Gasteiger charge is -2.16. The summed E-state index contributed by atoms with van der Waals surface area (Å²) in [4.78, 5) is 28.4. The third kappa shape index (κ3) is 3.85. The van der Waals surface area contributed by atoms with E-state index in [9.17, 15) is 9.59 Å². The Morgan fingerprint density at radius 3 is 2.38 bits per heavy atom. The van der Waals surface area contributed by atoms with Gasteiger partial charge in [-0.1, -0.05) is 30.3 Å². The van der Waals surface area contributed by atoms with E-state index in [1.54, 1.807) is 25.3 Å². The highest BCUT2D eigenvalue weighted by atomic mass is 16.7. The Bertz CT molecular complexity index is 1330. The van der Waals surface area contributed by atoms with Crippen molar-refractivity contribution in [2.75, 3.05) is 19.2 Å². The van der Waals surface area contributed by atoms with Gasteiger partial charge in [0.25, 0.3) is 11.8 Å². The molecule has 1 N–H and O–H groups in total. The first kappa shape index (κ1) is 21.6. The highest BCUT2D eigenvalue weighted by molar-refractivity contribution is 6.36. The monoisotopic (exact) mass is 456 g/mol. The number of anilines is 1. The van der Waals surface area contributed by atoms with Crippen molar-refractivity contribution in [3.8, 4) is 17.2 Å². The Labute approximate surface area is 197 Å². The summed E-state index contributed by atoms with van der Waals surface area (Å²) < 4.78 is 16.0. The number of methoxy groups -OCH3 is 1. The standard InChI is InChI=1S/C27H24N2O5/c1-16-4-7-19(12-17(16)2)24-25(28-20-8-11-22-23(13-20)34-15-33-22)27(31)29(26(24)30)14-18-5-9-21(32-3)10-6-18/h4-13,28H,14-15H2,1-3H3. The van der Waals surface area contributed by atoms with E-state index >= 15 is 0 Å². The van der Waals surface area contributed by atoms with Crippen LogP contribution >= 0.6 is 0 Å². The van der Waals surface area contributed by atoms with Crippen LogP contribution in [0.2, 0.25) is 0 Å². The zero-order valence-corrected chi connectivity index (χ0v) is 19.2. The molecule has 2 amide bonds. The molecular formula is C27H24N2O5. The molecule has 0 radical (unpaired) electrons. The first-order chi connectivity index (χ1) is 16.4. The maximum Gasteiger partial charge on any atom is 0.278 e. The molecule has 0 bridgehead atoms.